The lowest BCUT2D eigenvalue weighted by Crippen LogP contribution is -2.20. The van der Waals surface area contributed by atoms with Crippen LogP contribution in [0.25, 0.3) is 5.65 Å². The molecule has 2 aliphatic carbocycles. The first-order chi connectivity index (χ1) is 9.28. The number of nitrogens with zero attached hydrogens (tertiary/aromatic N) is 3. The molecule has 0 aliphatic heterocycles. The van der Waals surface area contributed by atoms with E-state index in [-0.39, 0.29) is 0 Å². The van der Waals surface area contributed by atoms with Crippen molar-refractivity contribution >= 4 is 27.5 Å². The third-order valence-corrected chi connectivity index (χ3v) is 5.17. The molecular weight excluding hydrogens is 304 g/mol. The van der Waals surface area contributed by atoms with Crippen molar-refractivity contribution in [1.29, 1.82) is 0 Å². The highest BCUT2D eigenvalue weighted by Gasteiger charge is 2.39. The van der Waals surface area contributed by atoms with E-state index < -0.39 is 0 Å². The fourth-order valence-corrected chi connectivity index (χ4v) is 4.11. The topological polar surface area (TPSA) is 42.2 Å². The molecule has 5 heteroatoms. The van der Waals surface area contributed by atoms with Gasteiger partial charge in [-0.2, -0.15) is 4.98 Å². The second-order valence-electron chi connectivity index (χ2n) is 5.90. The van der Waals surface area contributed by atoms with Gasteiger partial charge in [0.05, 0.1) is 0 Å². The lowest BCUT2D eigenvalue weighted by atomic mass is 9.89. The van der Waals surface area contributed by atoms with Crippen LogP contribution in [-0.2, 0) is 0 Å². The zero-order valence-corrected chi connectivity index (χ0v) is 12.3. The van der Waals surface area contributed by atoms with Gasteiger partial charge in [0.15, 0.2) is 5.65 Å². The molecule has 0 radical (unpaired) electrons. The number of hydrogen-bond acceptors (Lipinski definition) is 3. The van der Waals surface area contributed by atoms with Gasteiger partial charge in [-0.3, -0.25) is 0 Å². The minimum Gasteiger partial charge on any atom is -0.353 e. The predicted octanol–water partition coefficient (Wildman–Crippen LogP) is 3.34. The van der Waals surface area contributed by atoms with Gasteiger partial charge in [0.2, 0.25) is 5.95 Å². The van der Waals surface area contributed by atoms with E-state index in [1.807, 2.05) is 22.8 Å². The Bertz CT molecular complexity index is 609. The van der Waals surface area contributed by atoms with Gasteiger partial charge in [0.25, 0.3) is 0 Å². The Hall–Kier alpha value is -1.10. The molecule has 100 valence electrons. The molecule has 2 bridgehead atoms. The van der Waals surface area contributed by atoms with E-state index >= 15 is 0 Å². The summed E-state index contributed by atoms with van der Waals surface area (Å²) in [4.78, 5) is 4.50. The molecule has 0 spiro atoms. The molecule has 2 aromatic rings. The van der Waals surface area contributed by atoms with Crippen LogP contribution in [0.3, 0.4) is 0 Å². The SMILES string of the molecule is Brc1ccc2nc(NCC3CC4CCC3C4)nn2c1. The summed E-state index contributed by atoms with van der Waals surface area (Å²) < 4.78 is 2.83. The Labute approximate surface area is 120 Å². The summed E-state index contributed by atoms with van der Waals surface area (Å²) in [6.07, 6.45) is 7.68. The van der Waals surface area contributed by atoms with Crippen molar-refractivity contribution in [3.63, 3.8) is 0 Å². The molecule has 2 heterocycles. The molecule has 2 saturated carbocycles. The van der Waals surface area contributed by atoms with Crippen LogP contribution >= 0.6 is 15.9 Å². The summed E-state index contributed by atoms with van der Waals surface area (Å²) in [6.45, 7) is 1.03. The molecule has 19 heavy (non-hydrogen) atoms. The number of rotatable bonds is 3. The lowest BCUT2D eigenvalue weighted by molar-refractivity contribution is 0.348. The number of aromatic nitrogens is 3. The van der Waals surface area contributed by atoms with E-state index in [1.165, 1.54) is 25.7 Å². The first kappa shape index (κ1) is 11.7. The standard InChI is InChI=1S/C14H17BrN4/c15-12-3-4-13-17-14(18-19(13)8-12)16-7-11-6-9-1-2-10(11)5-9/h3-4,8-11H,1-2,5-7H2,(H,16,18). The van der Waals surface area contributed by atoms with Crippen molar-refractivity contribution in [2.75, 3.05) is 11.9 Å². The smallest absolute Gasteiger partial charge is 0.243 e. The average molecular weight is 321 g/mol. The number of pyridine rings is 1. The molecule has 4 rings (SSSR count). The minimum absolute atomic E-state index is 0.751. The van der Waals surface area contributed by atoms with E-state index in [1.54, 1.807) is 0 Å². The molecule has 0 saturated heterocycles. The summed E-state index contributed by atoms with van der Waals surface area (Å²) in [5, 5.41) is 7.88. The van der Waals surface area contributed by atoms with Crippen LogP contribution in [0.5, 0.6) is 0 Å². The van der Waals surface area contributed by atoms with Gasteiger partial charge in [-0.15, -0.1) is 5.10 Å². The number of anilines is 1. The largest absolute Gasteiger partial charge is 0.353 e. The minimum atomic E-state index is 0.751. The van der Waals surface area contributed by atoms with Crippen molar-refractivity contribution in [2.24, 2.45) is 17.8 Å². The van der Waals surface area contributed by atoms with Crippen LogP contribution in [0.2, 0.25) is 0 Å². The summed E-state index contributed by atoms with van der Waals surface area (Å²) in [5.41, 5.74) is 0.888. The average Bonchev–Trinajstić information content (AvgIpc) is 3.09. The fourth-order valence-electron chi connectivity index (χ4n) is 3.78. The van der Waals surface area contributed by atoms with Crippen molar-refractivity contribution < 1.29 is 0 Å². The van der Waals surface area contributed by atoms with Gasteiger partial charge in [-0.1, -0.05) is 6.42 Å². The number of nitrogens with one attached hydrogen (secondary N) is 1. The van der Waals surface area contributed by atoms with Gasteiger partial charge in [-0.05, 0) is 65.1 Å². The Kier molecular flexibility index (Phi) is 2.76. The molecule has 0 amide bonds. The van der Waals surface area contributed by atoms with Crippen LogP contribution in [0.15, 0.2) is 22.8 Å². The van der Waals surface area contributed by atoms with E-state index in [4.69, 9.17) is 0 Å². The highest BCUT2D eigenvalue weighted by Crippen LogP contribution is 2.48. The number of hydrogen-bond donors (Lipinski definition) is 1. The second-order valence-corrected chi connectivity index (χ2v) is 6.82. The monoisotopic (exact) mass is 320 g/mol. The Morgan fingerprint density at radius 3 is 3.05 bits per heavy atom. The van der Waals surface area contributed by atoms with Crippen LogP contribution in [0.1, 0.15) is 25.7 Å². The zero-order chi connectivity index (χ0) is 12.8. The molecule has 2 aliphatic rings. The fraction of sp³-hybridized carbons (Fsp3) is 0.571. The van der Waals surface area contributed by atoms with Crippen molar-refractivity contribution in [3.05, 3.63) is 22.8 Å². The van der Waals surface area contributed by atoms with Crippen LogP contribution in [0, 0.1) is 17.8 Å². The van der Waals surface area contributed by atoms with E-state index in [2.05, 4.69) is 31.3 Å². The van der Waals surface area contributed by atoms with Gasteiger partial charge >= 0.3 is 0 Å². The Morgan fingerprint density at radius 2 is 2.26 bits per heavy atom. The third kappa shape index (κ3) is 2.14. The molecule has 4 nitrogen and oxygen atoms in total. The number of fused-ring (bicyclic) bond motifs is 3. The van der Waals surface area contributed by atoms with Crippen LogP contribution in [-0.4, -0.2) is 21.1 Å². The normalized spacial score (nSPS) is 29.2. The molecule has 3 atom stereocenters. The van der Waals surface area contributed by atoms with Crippen molar-refractivity contribution in [2.45, 2.75) is 25.7 Å². The maximum atomic E-state index is 4.50. The molecule has 2 aromatic heterocycles. The maximum absolute atomic E-state index is 4.50. The van der Waals surface area contributed by atoms with Crippen molar-refractivity contribution in [3.8, 4) is 0 Å². The summed E-state index contributed by atoms with van der Waals surface area (Å²) in [7, 11) is 0. The first-order valence-corrected chi connectivity index (χ1v) is 7.83. The predicted molar refractivity (Wildman–Crippen MR) is 78.1 cm³/mol. The lowest BCUT2D eigenvalue weighted by Gasteiger charge is -2.21. The third-order valence-electron chi connectivity index (χ3n) is 4.70. The number of halogens is 1. The van der Waals surface area contributed by atoms with Crippen molar-refractivity contribution in [1.82, 2.24) is 14.6 Å². The van der Waals surface area contributed by atoms with E-state index in [0.717, 1.165) is 40.4 Å². The molecular formula is C14H17BrN4. The second kappa shape index (κ2) is 4.47. The zero-order valence-electron chi connectivity index (χ0n) is 10.7. The molecule has 3 unspecified atom stereocenters. The Morgan fingerprint density at radius 1 is 1.32 bits per heavy atom. The van der Waals surface area contributed by atoms with Gasteiger partial charge in [0.1, 0.15) is 0 Å². The van der Waals surface area contributed by atoms with Crippen LogP contribution in [0.4, 0.5) is 5.95 Å². The first-order valence-electron chi connectivity index (χ1n) is 7.04. The molecule has 0 aromatic carbocycles. The maximum Gasteiger partial charge on any atom is 0.243 e. The van der Waals surface area contributed by atoms with E-state index in [0.29, 0.717) is 0 Å². The molecule has 2 fully saturated rings. The van der Waals surface area contributed by atoms with E-state index in [9.17, 15) is 0 Å². The highest BCUT2D eigenvalue weighted by molar-refractivity contribution is 9.10. The summed E-state index contributed by atoms with van der Waals surface area (Å²) >= 11 is 3.45. The van der Waals surface area contributed by atoms with Crippen LogP contribution < -0.4 is 5.32 Å². The quantitative estimate of drug-likeness (QED) is 0.943. The van der Waals surface area contributed by atoms with Gasteiger partial charge < -0.3 is 5.32 Å². The van der Waals surface area contributed by atoms with Gasteiger partial charge in [-0.25, -0.2) is 4.52 Å². The van der Waals surface area contributed by atoms with Gasteiger partial charge in [0, 0.05) is 17.2 Å². The summed E-state index contributed by atoms with van der Waals surface area (Å²) in [6, 6.07) is 3.96. The summed E-state index contributed by atoms with van der Waals surface area (Å²) in [5.74, 6) is 3.53. The highest BCUT2D eigenvalue weighted by atomic mass is 79.9. The molecule has 1 N–H and O–H groups in total. The Balaban J connectivity index is 1.46.